The van der Waals surface area contributed by atoms with E-state index in [0.717, 1.165) is 0 Å². The summed E-state index contributed by atoms with van der Waals surface area (Å²) in [6.07, 6.45) is 2.63. The minimum Gasteiger partial charge on any atom is -0.323 e. The van der Waals surface area contributed by atoms with Gasteiger partial charge in [0.05, 0.1) is 0 Å². The van der Waals surface area contributed by atoms with Crippen molar-refractivity contribution in [2.75, 3.05) is 6.54 Å². The largest absolute Gasteiger partial charge is 0.323 e. The highest BCUT2D eigenvalue weighted by atomic mass is 15.2. The van der Waals surface area contributed by atoms with Gasteiger partial charge in [-0.15, -0.1) is 0 Å². The maximum atomic E-state index is 6.64. The Morgan fingerprint density at radius 3 is 2.30 bits per heavy atom. The van der Waals surface area contributed by atoms with Crippen molar-refractivity contribution < 1.29 is 0 Å². The van der Waals surface area contributed by atoms with Gasteiger partial charge in [0, 0.05) is 18.1 Å². The second kappa shape index (κ2) is 6.73. The zero-order valence-corrected chi connectivity index (χ0v) is 13.4. The lowest BCUT2D eigenvalue weighted by atomic mass is 9.88. The van der Waals surface area contributed by atoms with Crippen molar-refractivity contribution in [1.29, 1.82) is 0 Å². The third-order valence-corrected chi connectivity index (χ3v) is 4.73. The molecule has 1 aliphatic heterocycles. The fourth-order valence-electron chi connectivity index (χ4n) is 3.78. The first-order valence-electron chi connectivity index (χ1n) is 8.08. The maximum absolute atomic E-state index is 6.64. The Kier molecular flexibility index (Phi) is 5.22. The molecule has 2 heteroatoms. The molecule has 1 aromatic rings. The zero-order chi connectivity index (χ0) is 14.7. The van der Waals surface area contributed by atoms with Gasteiger partial charge < -0.3 is 5.73 Å². The number of nitrogens with two attached hydrogens (primary N) is 1. The van der Waals surface area contributed by atoms with Gasteiger partial charge in [-0.1, -0.05) is 58.0 Å². The van der Waals surface area contributed by atoms with Crippen LogP contribution in [0.1, 0.15) is 52.1 Å². The molecule has 1 aromatic carbocycles. The Morgan fingerprint density at radius 2 is 1.75 bits per heavy atom. The molecule has 0 aliphatic carbocycles. The van der Waals surface area contributed by atoms with E-state index < -0.39 is 0 Å². The van der Waals surface area contributed by atoms with Crippen molar-refractivity contribution in [3.05, 3.63) is 35.9 Å². The van der Waals surface area contributed by atoms with Gasteiger partial charge in [0.15, 0.2) is 0 Å². The lowest BCUT2D eigenvalue weighted by molar-refractivity contribution is 0.0940. The van der Waals surface area contributed by atoms with Crippen LogP contribution in [0.2, 0.25) is 0 Å². The Bertz CT molecular complexity index is 399. The van der Waals surface area contributed by atoms with Crippen molar-refractivity contribution in [1.82, 2.24) is 4.90 Å². The molecule has 3 atom stereocenters. The van der Waals surface area contributed by atoms with E-state index in [2.05, 4.69) is 62.9 Å². The van der Waals surface area contributed by atoms with Crippen molar-refractivity contribution in [2.45, 2.75) is 58.7 Å². The molecule has 1 aliphatic rings. The number of hydrogen-bond acceptors (Lipinski definition) is 2. The monoisotopic (exact) mass is 274 g/mol. The molecule has 20 heavy (non-hydrogen) atoms. The fourth-order valence-corrected chi connectivity index (χ4v) is 3.78. The van der Waals surface area contributed by atoms with Gasteiger partial charge in [-0.25, -0.2) is 0 Å². The molecule has 3 unspecified atom stereocenters. The molecule has 0 spiro atoms. The number of benzene rings is 1. The summed E-state index contributed by atoms with van der Waals surface area (Å²) in [5.41, 5.74) is 7.91. The third-order valence-electron chi connectivity index (χ3n) is 4.73. The maximum Gasteiger partial charge on any atom is 0.0455 e. The lowest BCUT2D eigenvalue weighted by Crippen LogP contribution is -2.49. The van der Waals surface area contributed by atoms with Gasteiger partial charge in [-0.05, 0) is 36.8 Å². The van der Waals surface area contributed by atoms with Crippen molar-refractivity contribution in [2.24, 2.45) is 17.6 Å². The summed E-state index contributed by atoms with van der Waals surface area (Å²) in [6, 6.07) is 11.8. The highest BCUT2D eigenvalue weighted by Crippen LogP contribution is 2.33. The molecule has 1 saturated heterocycles. The summed E-state index contributed by atoms with van der Waals surface area (Å²) in [7, 11) is 0. The van der Waals surface area contributed by atoms with E-state index in [1.54, 1.807) is 0 Å². The molecule has 0 saturated carbocycles. The molecule has 2 nitrogen and oxygen atoms in total. The molecule has 0 radical (unpaired) electrons. The number of likely N-dealkylation sites (tertiary alicyclic amines) is 1. The average molecular weight is 274 g/mol. The minimum absolute atomic E-state index is 0.107. The molecule has 0 amide bonds. The molecular formula is C18H30N2. The van der Waals surface area contributed by atoms with Crippen molar-refractivity contribution in [3.8, 4) is 0 Å². The average Bonchev–Trinajstić information content (AvgIpc) is 2.88. The predicted molar refractivity (Wildman–Crippen MR) is 86.6 cm³/mol. The number of hydrogen-bond donors (Lipinski definition) is 1. The van der Waals surface area contributed by atoms with Crippen LogP contribution in [0.3, 0.4) is 0 Å². The Hall–Kier alpha value is -0.860. The molecule has 1 fully saturated rings. The highest BCUT2D eigenvalue weighted by Gasteiger charge is 2.37. The van der Waals surface area contributed by atoms with Crippen LogP contribution >= 0.6 is 0 Å². The standard InChI is InChI=1S/C18H30N2/c1-13(2)16-11-8-12-20(16)18(14(3)4)17(19)15-9-6-5-7-10-15/h5-7,9-10,13-14,16-18H,8,11-12,19H2,1-4H3. The fraction of sp³-hybridized carbons (Fsp3) is 0.667. The minimum atomic E-state index is 0.107. The van der Waals surface area contributed by atoms with Crippen LogP contribution in [0.25, 0.3) is 0 Å². The normalized spacial score (nSPS) is 23.4. The van der Waals surface area contributed by atoms with Gasteiger partial charge in [0.25, 0.3) is 0 Å². The Morgan fingerprint density at radius 1 is 1.10 bits per heavy atom. The molecular weight excluding hydrogens is 244 g/mol. The summed E-state index contributed by atoms with van der Waals surface area (Å²) in [6.45, 7) is 10.5. The molecule has 2 rings (SSSR count). The van der Waals surface area contributed by atoms with Crippen LogP contribution in [0.15, 0.2) is 30.3 Å². The zero-order valence-electron chi connectivity index (χ0n) is 13.4. The van der Waals surface area contributed by atoms with Crippen molar-refractivity contribution in [3.63, 3.8) is 0 Å². The summed E-state index contributed by atoms with van der Waals surface area (Å²) >= 11 is 0. The molecule has 112 valence electrons. The topological polar surface area (TPSA) is 29.3 Å². The van der Waals surface area contributed by atoms with Crippen LogP contribution in [0.5, 0.6) is 0 Å². The SMILES string of the molecule is CC(C)C1CCCN1C(C(C)C)C(N)c1ccccc1. The van der Waals surface area contributed by atoms with Crippen molar-refractivity contribution >= 4 is 0 Å². The van der Waals surface area contributed by atoms with Gasteiger partial charge in [-0.3, -0.25) is 4.90 Å². The van der Waals surface area contributed by atoms with Gasteiger partial charge in [0.2, 0.25) is 0 Å². The van der Waals surface area contributed by atoms with E-state index in [9.17, 15) is 0 Å². The second-order valence-electron chi connectivity index (χ2n) is 6.86. The van der Waals surface area contributed by atoms with E-state index in [1.165, 1.54) is 24.9 Å². The highest BCUT2D eigenvalue weighted by molar-refractivity contribution is 5.20. The Balaban J connectivity index is 2.23. The van der Waals surface area contributed by atoms with Crippen LogP contribution in [-0.4, -0.2) is 23.5 Å². The first-order chi connectivity index (χ1) is 9.52. The van der Waals surface area contributed by atoms with E-state index in [1.807, 2.05) is 0 Å². The molecule has 1 heterocycles. The van der Waals surface area contributed by atoms with E-state index in [4.69, 9.17) is 5.73 Å². The summed E-state index contributed by atoms with van der Waals surface area (Å²) in [5, 5.41) is 0. The second-order valence-corrected chi connectivity index (χ2v) is 6.86. The smallest absolute Gasteiger partial charge is 0.0455 e. The summed E-state index contributed by atoms with van der Waals surface area (Å²) in [5.74, 6) is 1.28. The Labute approximate surface area is 124 Å². The molecule has 0 aromatic heterocycles. The van der Waals surface area contributed by atoms with E-state index in [0.29, 0.717) is 23.9 Å². The molecule has 2 N–H and O–H groups in total. The third kappa shape index (κ3) is 3.24. The number of nitrogens with zero attached hydrogens (tertiary/aromatic N) is 1. The van der Waals surface area contributed by atoms with Crippen LogP contribution in [0.4, 0.5) is 0 Å². The quantitative estimate of drug-likeness (QED) is 0.884. The van der Waals surface area contributed by atoms with Crippen LogP contribution < -0.4 is 5.73 Å². The van der Waals surface area contributed by atoms with E-state index >= 15 is 0 Å². The first-order valence-corrected chi connectivity index (χ1v) is 8.08. The molecule has 0 bridgehead atoms. The van der Waals surface area contributed by atoms with Gasteiger partial charge >= 0.3 is 0 Å². The van der Waals surface area contributed by atoms with Gasteiger partial charge in [0.1, 0.15) is 0 Å². The predicted octanol–water partition coefficient (Wildman–Crippen LogP) is 3.83. The van der Waals surface area contributed by atoms with Gasteiger partial charge in [-0.2, -0.15) is 0 Å². The lowest BCUT2D eigenvalue weighted by Gasteiger charge is -2.41. The van der Waals surface area contributed by atoms with Crippen LogP contribution in [0, 0.1) is 11.8 Å². The summed E-state index contributed by atoms with van der Waals surface area (Å²) < 4.78 is 0. The van der Waals surface area contributed by atoms with Crippen LogP contribution in [-0.2, 0) is 0 Å². The number of rotatable bonds is 5. The van der Waals surface area contributed by atoms with E-state index in [-0.39, 0.29) is 6.04 Å². The summed E-state index contributed by atoms with van der Waals surface area (Å²) in [4.78, 5) is 2.69. The first kappa shape index (κ1) is 15.5.